The molecular formula is C18H21N. The van der Waals surface area contributed by atoms with Crippen molar-refractivity contribution < 1.29 is 0 Å². The summed E-state index contributed by atoms with van der Waals surface area (Å²) in [4.78, 5) is 2.42. The van der Waals surface area contributed by atoms with Gasteiger partial charge in [0.25, 0.3) is 0 Å². The standard InChI is InChI=1S/C18H21N/c1-13-11-16-9-10-19(3)12-17(16)18(14(13)2)15-7-5-4-6-8-15/h4-8,11H,9-10,12H2,1-3H3. The summed E-state index contributed by atoms with van der Waals surface area (Å²) in [6, 6.07) is 13.2. The topological polar surface area (TPSA) is 3.24 Å². The molecular weight excluding hydrogens is 230 g/mol. The van der Waals surface area contributed by atoms with Crippen LogP contribution in [0.5, 0.6) is 0 Å². The maximum absolute atomic E-state index is 2.42. The van der Waals surface area contributed by atoms with Gasteiger partial charge in [-0.2, -0.15) is 0 Å². The van der Waals surface area contributed by atoms with Crippen LogP contribution < -0.4 is 0 Å². The molecule has 3 rings (SSSR count). The van der Waals surface area contributed by atoms with Crippen molar-refractivity contribution >= 4 is 0 Å². The summed E-state index contributed by atoms with van der Waals surface area (Å²) in [7, 11) is 2.22. The van der Waals surface area contributed by atoms with E-state index in [-0.39, 0.29) is 0 Å². The maximum Gasteiger partial charge on any atom is 0.0239 e. The lowest BCUT2D eigenvalue weighted by Gasteiger charge is -2.29. The van der Waals surface area contributed by atoms with Gasteiger partial charge in [-0.3, -0.25) is 0 Å². The van der Waals surface area contributed by atoms with Crippen molar-refractivity contribution in [2.24, 2.45) is 0 Å². The van der Waals surface area contributed by atoms with E-state index in [0.29, 0.717) is 0 Å². The van der Waals surface area contributed by atoms with E-state index in [1.54, 1.807) is 5.56 Å². The van der Waals surface area contributed by atoms with Crippen LogP contribution in [0.4, 0.5) is 0 Å². The molecule has 2 aromatic carbocycles. The predicted molar refractivity (Wildman–Crippen MR) is 81.4 cm³/mol. The van der Waals surface area contributed by atoms with Crippen LogP contribution in [0.3, 0.4) is 0 Å². The molecule has 0 N–H and O–H groups in total. The van der Waals surface area contributed by atoms with Crippen LogP contribution in [-0.2, 0) is 13.0 Å². The largest absolute Gasteiger partial charge is 0.302 e. The lowest BCUT2D eigenvalue weighted by molar-refractivity contribution is 0.313. The lowest BCUT2D eigenvalue weighted by atomic mass is 9.86. The summed E-state index contributed by atoms with van der Waals surface area (Å²) >= 11 is 0. The maximum atomic E-state index is 2.42. The Morgan fingerprint density at radius 2 is 1.79 bits per heavy atom. The second-order valence-corrected chi connectivity index (χ2v) is 5.68. The molecule has 0 amide bonds. The highest BCUT2D eigenvalue weighted by Crippen LogP contribution is 2.34. The third-order valence-corrected chi connectivity index (χ3v) is 4.30. The van der Waals surface area contributed by atoms with Crippen molar-refractivity contribution in [1.29, 1.82) is 0 Å². The number of benzene rings is 2. The molecule has 0 unspecified atom stereocenters. The van der Waals surface area contributed by atoms with Gasteiger partial charge < -0.3 is 4.90 Å². The minimum atomic E-state index is 1.07. The van der Waals surface area contributed by atoms with Crippen LogP contribution in [0.1, 0.15) is 22.3 Å². The van der Waals surface area contributed by atoms with Gasteiger partial charge in [0.05, 0.1) is 0 Å². The Morgan fingerprint density at radius 3 is 2.53 bits per heavy atom. The zero-order chi connectivity index (χ0) is 13.4. The summed E-state index contributed by atoms with van der Waals surface area (Å²) in [5.41, 5.74) is 8.74. The predicted octanol–water partition coefficient (Wildman–Crippen LogP) is 3.96. The molecule has 0 fully saturated rings. The smallest absolute Gasteiger partial charge is 0.0239 e. The van der Waals surface area contributed by atoms with Crippen molar-refractivity contribution in [3.8, 4) is 11.1 Å². The van der Waals surface area contributed by atoms with Gasteiger partial charge >= 0.3 is 0 Å². The Labute approximate surface area is 115 Å². The van der Waals surface area contributed by atoms with E-state index in [1.165, 1.54) is 40.8 Å². The number of aryl methyl sites for hydroxylation is 1. The molecule has 19 heavy (non-hydrogen) atoms. The zero-order valence-electron chi connectivity index (χ0n) is 12.0. The molecule has 0 saturated heterocycles. The lowest BCUT2D eigenvalue weighted by Crippen LogP contribution is -2.27. The molecule has 0 aromatic heterocycles. The molecule has 1 heteroatoms. The first kappa shape index (κ1) is 12.4. The molecule has 0 spiro atoms. The fraction of sp³-hybridized carbons (Fsp3) is 0.333. The van der Waals surface area contributed by atoms with Crippen molar-refractivity contribution in [2.75, 3.05) is 13.6 Å². The quantitative estimate of drug-likeness (QED) is 0.741. The highest BCUT2D eigenvalue weighted by molar-refractivity contribution is 5.74. The molecule has 0 atom stereocenters. The summed E-state index contributed by atoms with van der Waals surface area (Å²) in [6.45, 7) is 6.73. The van der Waals surface area contributed by atoms with Crippen LogP contribution in [0.15, 0.2) is 36.4 Å². The first-order valence-electron chi connectivity index (χ1n) is 7.02. The number of rotatable bonds is 1. The van der Waals surface area contributed by atoms with E-state index in [0.717, 1.165) is 6.54 Å². The van der Waals surface area contributed by atoms with Gasteiger partial charge in [0.1, 0.15) is 0 Å². The van der Waals surface area contributed by atoms with E-state index in [9.17, 15) is 0 Å². The van der Waals surface area contributed by atoms with Crippen LogP contribution in [0, 0.1) is 13.8 Å². The molecule has 1 heterocycles. The average Bonchev–Trinajstić information content (AvgIpc) is 2.42. The van der Waals surface area contributed by atoms with Gasteiger partial charge in [-0.1, -0.05) is 36.4 Å². The monoisotopic (exact) mass is 251 g/mol. The molecule has 1 aliphatic rings. The van der Waals surface area contributed by atoms with Crippen molar-refractivity contribution in [1.82, 2.24) is 4.90 Å². The molecule has 0 bridgehead atoms. The number of likely N-dealkylation sites (N-methyl/N-ethyl adjacent to an activating group) is 1. The van der Waals surface area contributed by atoms with Gasteiger partial charge in [-0.25, -0.2) is 0 Å². The molecule has 2 aromatic rings. The second-order valence-electron chi connectivity index (χ2n) is 5.68. The summed E-state index contributed by atoms with van der Waals surface area (Å²) in [5, 5.41) is 0. The first-order chi connectivity index (χ1) is 9.16. The first-order valence-corrected chi connectivity index (χ1v) is 7.02. The summed E-state index contributed by atoms with van der Waals surface area (Å²) in [6.07, 6.45) is 1.17. The van der Waals surface area contributed by atoms with Crippen LogP contribution in [0.25, 0.3) is 11.1 Å². The molecule has 0 radical (unpaired) electrons. The van der Waals surface area contributed by atoms with E-state index < -0.39 is 0 Å². The Hall–Kier alpha value is -1.60. The van der Waals surface area contributed by atoms with Gasteiger partial charge in [0.2, 0.25) is 0 Å². The number of fused-ring (bicyclic) bond motifs is 1. The van der Waals surface area contributed by atoms with Crippen LogP contribution >= 0.6 is 0 Å². The van der Waals surface area contributed by atoms with Crippen molar-refractivity contribution in [3.05, 3.63) is 58.7 Å². The van der Waals surface area contributed by atoms with Gasteiger partial charge in [-0.05, 0) is 60.7 Å². The molecule has 0 saturated carbocycles. The number of hydrogen-bond donors (Lipinski definition) is 0. The van der Waals surface area contributed by atoms with E-state index in [2.05, 4.69) is 62.2 Å². The molecule has 0 aliphatic carbocycles. The van der Waals surface area contributed by atoms with E-state index >= 15 is 0 Å². The van der Waals surface area contributed by atoms with E-state index in [4.69, 9.17) is 0 Å². The SMILES string of the molecule is Cc1cc2c(c(-c3ccccc3)c1C)CN(C)CC2. The minimum absolute atomic E-state index is 1.07. The second kappa shape index (κ2) is 4.82. The van der Waals surface area contributed by atoms with Gasteiger partial charge in [0.15, 0.2) is 0 Å². The summed E-state index contributed by atoms with van der Waals surface area (Å²) in [5.74, 6) is 0. The van der Waals surface area contributed by atoms with Crippen molar-refractivity contribution in [3.63, 3.8) is 0 Å². The fourth-order valence-corrected chi connectivity index (χ4v) is 3.10. The highest BCUT2D eigenvalue weighted by Gasteiger charge is 2.20. The minimum Gasteiger partial charge on any atom is -0.302 e. The normalized spacial score (nSPS) is 15.3. The zero-order valence-corrected chi connectivity index (χ0v) is 12.0. The average molecular weight is 251 g/mol. The molecule has 98 valence electrons. The Balaban J connectivity index is 2.25. The summed E-state index contributed by atoms with van der Waals surface area (Å²) < 4.78 is 0. The Morgan fingerprint density at radius 1 is 1.05 bits per heavy atom. The number of hydrogen-bond acceptors (Lipinski definition) is 1. The third-order valence-electron chi connectivity index (χ3n) is 4.30. The molecule has 1 aliphatic heterocycles. The van der Waals surface area contributed by atoms with Crippen molar-refractivity contribution in [2.45, 2.75) is 26.8 Å². The fourth-order valence-electron chi connectivity index (χ4n) is 3.10. The van der Waals surface area contributed by atoms with Crippen LogP contribution in [-0.4, -0.2) is 18.5 Å². The Kier molecular flexibility index (Phi) is 3.16. The Bertz CT molecular complexity index is 599. The van der Waals surface area contributed by atoms with E-state index in [1.807, 2.05) is 0 Å². The molecule has 1 nitrogen and oxygen atoms in total. The van der Waals surface area contributed by atoms with Crippen LogP contribution in [0.2, 0.25) is 0 Å². The van der Waals surface area contributed by atoms with Gasteiger partial charge in [0, 0.05) is 13.1 Å². The van der Waals surface area contributed by atoms with Gasteiger partial charge in [-0.15, -0.1) is 0 Å². The highest BCUT2D eigenvalue weighted by atomic mass is 15.1. The number of nitrogens with zero attached hydrogens (tertiary/aromatic N) is 1. The third kappa shape index (κ3) is 2.19.